The molecule has 6 heterocycles. The molecule has 66 heavy (non-hydrogen) atoms. The van der Waals surface area contributed by atoms with E-state index in [4.69, 9.17) is 19.9 Å². The Kier molecular flexibility index (Phi) is 11.5. The Bertz CT molecular complexity index is 2740. The van der Waals surface area contributed by atoms with Crippen LogP contribution in [0.5, 0.6) is 0 Å². The van der Waals surface area contributed by atoms with Crippen LogP contribution in [0.3, 0.4) is 0 Å². The first-order valence-electron chi connectivity index (χ1n) is 23.1. The highest BCUT2D eigenvalue weighted by Gasteiger charge is 2.53. The maximum absolute atomic E-state index is 5.35. The van der Waals surface area contributed by atoms with Gasteiger partial charge < -0.3 is 0 Å². The van der Waals surface area contributed by atoms with Crippen molar-refractivity contribution < 1.29 is 0 Å². The molecule has 0 amide bonds. The van der Waals surface area contributed by atoms with Gasteiger partial charge in [0.1, 0.15) is 16.1 Å². The van der Waals surface area contributed by atoms with Gasteiger partial charge >= 0.3 is 0 Å². The van der Waals surface area contributed by atoms with Gasteiger partial charge in [-0.2, -0.15) is 0 Å². The summed E-state index contributed by atoms with van der Waals surface area (Å²) in [6, 6.07) is 64.0. The molecule has 0 unspecified atom stereocenters. The zero-order valence-corrected chi connectivity index (χ0v) is 40.7. The van der Waals surface area contributed by atoms with Crippen LogP contribution in [-0.2, 0) is 0 Å². The van der Waals surface area contributed by atoms with Gasteiger partial charge in [-0.15, -0.1) is 0 Å². The third-order valence-corrected chi connectivity index (χ3v) is 23.2. The van der Waals surface area contributed by atoms with E-state index < -0.39 is 16.1 Å². The summed E-state index contributed by atoms with van der Waals surface area (Å²) in [6.45, 7) is 13.7. The van der Waals surface area contributed by atoms with Gasteiger partial charge in [-0.3, -0.25) is 19.9 Å². The second-order valence-corrected chi connectivity index (χ2v) is 26.8. The number of pyridine rings is 4. The molecule has 2 aliphatic heterocycles. The predicted molar refractivity (Wildman–Crippen MR) is 282 cm³/mol. The van der Waals surface area contributed by atoms with Crippen LogP contribution in [0.1, 0.15) is 67.3 Å². The monoisotopic (exact) mass is 886 g/mol. The summed E-state index contributed by atoms with van der Waals surface area (Å²) in [6.07, 6.45) is 8.18. The molecule has 2 aliphatic rings. The molecular weight excluding hydrogens is 833 g/mol. The molecule has 8 aromatic rings. The van der Waals surface area contributed by atoms with Crippen molar-refractivity contribution in [3.05, 3.63) is 262 Å². The zero-order chi connectivity index (χ0) is 45.4. The highest BCUT2D eigenvalue weighted by molar-refractivity contribution is 7.17. The summed E-state index contributed by atoms with van der Waals surface area (Å²) in [5, 5.41) is 5.46. The van der Waals surface area contributed by atoms with Crippen LogP contribution in [0.25, 0.3) is 43.1 Å². The van der Waals surface area contributed by atoms with Crippen LogP contribution < -0.4 is 0 Å². The van der Waals surface area contributed by atoms with Gasteiger partial charge in [0.2, 0.25) is 0 Å². The first-order valence-corrected chi connectivity index (χ1v) is 28.5. The minimum Gasteiger partial charge on any atom is -0.257 e. The van der Waals surface area contributed by atoms with Gasteiger partial charge in [-0.05, 0) is 140 Å². The molecule has 0 saturated heterocycles. The molecule has 0 N–H and O–H groups in total. The maximum Gasteiger partial charge on any atom is 0.122 e. The molecule has 4 nitrogen and oxygen atoms in total. The number of aromatic nitrogens is 4. The smallest absolute Gasteiger partial charge is 0.122 e. The van der Waals surface area contributed by atoms with Crippen LogP contribution in [0.4, 0.5) is 0 Å². The van der Waals surface area contributed by atoms with E-state index in [9.17, 15) is 0 Å². The third-order valence-electron chi connectivity index (χ3n) is 13.8. The van der Waals surface area contributed by atoms with Gasteiger partial charge in [-0.1, -0.05) is 171 Å². The summed E-state index contributed by atoms with van der Waals surface area (Å²) in [7, 11) is -5.73. The fraction of sp³-hybridized carbons (Fsp3) is 0.133. The van der Waals surface area contributed by atoms with Crippen molar-refractivity contribution in [2.24, 2.45) is 0 Å². The third kappa shape index (κ3) is 7.70. The van der Waals surface area contributed by atoms with Crippen molar-refractivity contribution in [1.29, 1.82) is 0 Å². The van der Waals surface area contributed by atoms with E-state index >= 15 is 0 Å². The van der Waals surface area contributed by atoms with Gasteiger partial charge in [0.05, 0.1) is 22.8 Å². The summed E-state index contributed by atoms with van der Waals surface area (Å²) in [4.78, 5) is 21.4. The lowest BCUT2D eigenvalue weighted by atomic mass is 9.90. The lowest BCUT2D eigenvalue weighted by molar-refractivity contribution is 1.21. The van der Waals surface area contributed by atoms with Gasteiger partial charge in [0.15, 0.2) is 0 Å². The minimum absolute atomic E-state index is 0.951. The second kappa shape index (κ2) is 17.7. The quantitative estimate of drug-likeness (QED) is 0.121. The van der Waals surface area contributed by atoms with E-state index in [2.05, 4.69) is 211 Å². The van der Waals surface area contributed by atoms with Crippen LogP contribution in [0.15, 0.2) is 195 Å². The van der Waals surface area contributed by atoms with Crippen LogP contribution in [0.2, 0.25) is 25.2 Å². The number of rotatable bonds is 11. The molecule has 0 bridgehead atoms. The van der Waals surface area contributed by atoms with Crippen molar-refractivity contribution in [3.8, 4) is 0 Å². The Labute approximate surface area is 392 Å². The van der Waals surface area contributed by atoms with Crippen LogP contribution >= 0.6 is 0 Å². The van der Waals surface area contributed by atoms with Crippen molar-refractivity contribution in [2.45, 2.75) is 52.9 Å². The summed E-state index contributed by atoms with van der Waals surface area (Å²) in [5.74, 6) is 0. The SMILES string of the molecule is Cc1ccc(C2=C(c3ccccc3)C(c3ccccc3)=C(c3ccc(C)cn3)[Si]2(C)CC[Si]2(C)C(c3ccc(C)cn3)=C(c3ccccc3)C(c3ccccc3)=C2c2ccc(C)cn2)nc1. The average molecular weight is 887 g/mol. The average Bonchev–Trinajstić information content (AvgIpc) is 3.79. The van der Waals surface area contributed by atoms with E-state index in [0.29, 0.717) is 0 Å². The molecule has 322 valence electrons. The number of benzene rings is 4. The number of hydrogen-bond donors (Lipinski definition) is 0. The second-order valence-electron chi connectivity index (χ2n) is 18.5. The highest BCUT2D eigenvalue weighted by atomic mass is 28.3. The molecule has 0 saturated carbocycles. The first-order chi connectivity index (χ1) is 32.1. The molecule has 0 radical (unpaired) electrons. The molecule has 0 aliphatic carbocycles. The summed E-state index contributed by atoms with van der Waals surface area (Å²) < 4.78 is 0. The lowest BCUT2D eigenvalue weighted by Crippen LogP contribution is -2.40. The van der Waals surface area contributed by atoms with Crippen LogP contribution in [0, 0.1) is 27.7 Å². The Morgan fingerprint density at radius 3 is 0.682 bits per heavy atom. The standard InChI is InChI=1S/C60H54N4Si2/c1-41-27-31-49(61-37-41)57-53(45-19-11-7-12-20-45)54(46-21-13-8-14-22-46)58(50-32-28-42(2)38-62-50)65(57,5)35-36-66(6)59(51-33-29-43(3)39-63-51)55(47-23-15-9-16-24-47)56(48-25-17-10-18-26-48)60(66)52-34-30-44(4)40-64-52/h7-34,37-40H,35-36H2,1-6H3. The van der Waals surface area contributed by atoms with Gasteiger partial charge in [-0.25, -0.2) is 0 Å². The van der Waals surface area contributed by atoms with Crippen molar-refractivity contribution >= 4 is 59.2 Å². The Hall–Kier alpha value is -7.13. The topological polar surface area (TPSA) is 51.6 Å². The first kappa shape index (κ1) is 42.8. The van der Waals surface area contributed by atoms with Gasteiger partial charge in [0.25, 0.3) is 0 Å². The molecule has 4 aromatic carbocycles. The van der Waals surface area contributed by atoms with Crippen molar-refractivity contribution in [1.82, 2.24) is 19.9 Å². The zero-order valence-electron chi connectivity index (χ0n) is 38.7. The maximum atomic E-state index is 5.35. The molecule has 0 fully saturated rings. The Morgan fingerprint density at radius 2 is 0.500 bits per heavy atom. The number of aryl methyl sites for hydroxylation is 4. The lowest BCUT2D eigenvalue weighted by Gasteiger charge is -2.36. The Balaban J connectivity index is 1.30. The molecule has 6 heteroatoms. The molecular formula is C60H54N4Si2. The Morgan fingerprint density at radius 1 is 0.288 bits per heavy atom. The van der Waals surface area contributed by atoms with E-state index in [1.54, 1.807) is 0 Å². The fourth-order valence-corrected chi connectivity index (χ4v) is 22.2. The van der Waals surface area contributed by atoms with E-state index in [1.807, 2.05) is 24.8 Å². The normalized spacial score (nSPS) is 15.5. The summed E-state index contributed by atoms with van der Waals surface area (Å²) >= 11 is 0. The number of allylic oxidation sites excluding steroid dienone is 4. The van der Waals surface area contributed by atoms with E-state index in [1.165, 1.54) is 65.3 Å². The van der Waals surface area contributed by atoms with Crippen LogP contribution in [-0.4, -0.2) is 36.1 Å². The van der Waals surface area contributed by atoms with Crippen molar-refractivity contribution in [2.75, 3.05) is 0 Å². The molecule has 10 rings (SSSR count). The fourth-order valence-electron chi connectivity index (χ4n) is 10.5. The largest absolute Gasteiger partial charge is 0.257 e. The number of nitrogens with zero attached hydrogens (tertiary/aromatic N) is 4. The molecule has 4 aromatic heterocycles. The predicted octanol–water partition coefficient (Wildman–Crippen LogP) is 14.6. The highest BCUT2D eigenvalue weighted by Crippen LogP contribution is 2.61. The number of hydrogen-bond acceptors (Lipinski definition) is 4. The minimum atomic E-state index is -2.87. The van der Waals surface area contributed by atoms with E-state index in [-0.39, 0.29) is 0 Å². The molecule has 0 spiro atoms. The summed E-state index contributed by atoms with van der Waals surface area (Å²) in [5.41, 5.74) is 18.6. The molecule has 0 atom stereocenters. The van der Waals surface area contributed by atoms with E-state index in [0.717, 1.165) is 57.1 Å². The van der Waals surface area contributed by atoms with Gasteiger partial charge in [0, 0.05) is 24.8 Å². The van der Waals surface area contributed by atoms with Crippen molar-refractivity contribution in [3.63, 3.8) is 0 Å².